The van der Waals surface area contributed by atoms with Crippen molar-refractivity contribution in [2.45, 2.75) is 50.5 Å². The number of imide groups is 2. The number of hydrogen-bond acceptors (Lipinski definition) is 4. The zero-order valence-corrected chi connectivity index (χ0v) is 25.6. The van der Waals surface area contributed by atoms with Gasteiger partial charge in [0, 0.05) is 0 Å². The lowest BCUT2D eigenvalue weighted by Crippen LogP contribution is -2.54. The second kappa shape index (κ2) is 10.9. The SMILES string of the molecule is O=C1NC(=O)N(c2ccc(C34CC5CC(CC(C5)C3)C4)cc2)C(=O)/C1=C/c1cc(Cl)c(OCc2ccc(F)cc2)c(Br)c1. The lowest BCUT2D eigenvalue weighted by Gasteiger charge is -2.57. The fraction of sp³-hybridized carbons (Fsp3) is 0.324. The van der Waals surface area contributed by atoms with Crippen molar-refractivity contribution in [3.05, 3.63) is 98.2 Å². The van der Waals surface area contributed by atoms with E-state index in [2.05, 4.69) is 33.4 Å². The van der Waals surface area contributed by atoms with Crippen LogP contribution in [0, 0.1) is 23.6 Å². The summed E-state index contributed by atoms with van der Waals surface area (Å²) >= 11 is 9.95. The van der Waals surface area contributed by atoms with E-state index >= 15 is 0 Å². The standard InChI is InChI=1S/C34H29BrClFN2O4/c35-28-13-20(14-29(36)30(28)43-18-19-1-5-25(37)6-2-19)12-27-31(40)38-33(42)39(32(27)41)26-7-3-24(4-8-26)34-15-21-9-22(16-34)11-23(10-21)17-34/h1-8,12-14,21-23H,9-11,15-18H2,(H,38,40,42)/b27-12+. The zero-order valence-electron chi connectivity index (χ0n) is 23.2. The highest BCUT2D eigenvalue weighted by Gasteiger charge is 2.51. The van der Waals surface area contributed by atoms with Gasteiger partial charge >= 0.3 is 6.03 Å². The molecule has 1 heterocycles. The number of carbonyl (C=O) groups excluding carboxylic acids is 3. The van der Waals surface area contributed by atoms with Crippen molar-refractivity contribution in [3.63, 3.8) is 0 Å². The van der Waals surface area contributed by atoms with Gasteiger partial charge in [-0.25, -0.2) is 14.1 Å². The topological polar surface area (TPSA) is 75.7 Å². The number of nitrogens with one attached hydrogen (secondary N) is 1. The Morgan fingerprint density at radius 1 is 0.953 bits per heavy atom. The van der Waals surface area contributed by atoms with Gasteiger partial charge < -0.3 is 4.74 Å². The molecule has 3 aromatic carbocycles. The van der Waals surface area contributed by atoms with Gasteiger partial charge in [-0.1, -0.05) is 35.9 Å². The third-order valence-electron chi connectivity index (χ3n) is 9.51. The molecule has 5 fully saturated rings. The molecule has 0 atom stereocenters. The lowest BCUT2D eigenvalue weighted by molar-refractivity contribution is -0.122. The number of rotatable bonds is 6. The van der Waals surface area contributed by atoms with Gasteiger partial charge in [0.05, 0.1) is 15.2 Å². The number of amides is 4. The molecule has 5 aliphatic rings. The molecule has 4 amide bonds. The van der Waals surface area contributed by atoms with Crippen LogP contribution >= 0.6 is 27.5 Å². The summed E-state index contributed by atoms with van der Waals surface area (Å²) in [6.45, 7) is 0.165. The first kappa shape index (κ1) is 28.3. The Kier molecular flexibility index (Phi) is 7.17. The van der Waals surface area contributed by atoms with Gasteiger partial charge in [-0.2, -0.15) is 0 Å². The van der Waals surface area contributed by atoms with Crippen molar-refractivity contribution in [3.8, 4) is 5.75 Å². The predicted octanol–water partition coefficient (Wildman–Crippen LogP) is 7.95. The number of ether oxygens (including phenoxy) is 1. The third kappa shape index (κ3) is 5.29. The Balaban J connectivity index is 1.11. The first-order valence-electron chi connectivity index (χ1n) is 14.6. The summed E-state index contributed by atoms with van der Waals surface area (Å²) in [6, 6.07) is 16.2. The van der Waals surface area contributed by atoms with Crippen molar-refractivity contribution < 1.29 is 23.5 Å². The molecule has 9 heteroatoms. The second-order valence-corrected chi connectivity index (χ2v) is 13.7. The van der Waals surface area contributed by atoms with E-state index in [0.29, 0.717) is 21.5 Å². The second-order valence-electron chi connectivity index (χ2n) is 12.4. The average molecular weight is 664 g/mol. The van der Waals surface area contributed by atoms with Gasteiger partial charge in [-0.3, -0.25) is 14.9 Å². The van der Waals surface area contributed by atoms with Crippen LogP contribution in [0.4, 0.5) is 14.9 Å². The van der Waals surface area contributed by atoms with Crippen LogP contribution in [0.1, 0.15) is 55.2 Å². The van der Waals surface area contributed by atoms with Crippen LogP contribution in [0.3, 0.4) is 0 Å². The number of halogens is 3. The Morgan fingerprint density at radius 3 is 2.19 bits per heavy atom. The average Bonchev–Trinajstić information content (AvgIpc) is 2.95. The molecule has 4 bridgehead atoms. The minimum atomic E-state index is -0.779. The summed E-state index contributed by atoms with van der Waals surface area (Å²) in [5.74, 6) is 0.967. The first-order chi connectivity index (χ1) is 20.7. The molecule has 6 nitrogen and oxygen atoms in total. The maximum absolute atomic E-state index is 13.6. The predicted molar refractivity (Wildman–Crippen MR) is 165 cm³/mol. The minimum Gasteiger partial charge on any atom is -0.486 e. The highest BCUT2D eigenvalue weighted by molar-refractivity contribution is 9.10. The van der Waals surface area contributed by atoms with Crippen LogP contribution in [0.5, 0.6) is 5.75 Å². The number of barbiturate groups is 1. The van der Waals surface area contributed by atoms with Gasteiger partial charge in [0.2, 0.25) is 0 Å². The molecule has 1 saturated heterocycles. The monoisotopic (exact) mass is 662 g/mol. The van der Waals surface area contributed by atoms with Crippen molar-refractivity contribution in [2.75, 3.05) is 4.90 Å². The molecule has 220 valence electrons. The lowest BCUT2D eigenvalue weighted by atomic mass is 9.48. The third-order valence-corrected chi connectivity index (χ3v) is 10.4. The van der Waals surface area contributed by atoms with Gasteiger partial charge in [-0.15, -0.1) is 0 Å². The summed E-state index contributed by atoms with van der Waals surface area (Å²) in [6.07, 6.45) is 9.13. The fourth-order valence-electron chi connectivity index (χ4n) is 8.02. The Hall–Kier alpha value is -3.49. The quantitative estimate of drug-likeness (QED) is 0.215. The van der Waals surface area contributed by atoms with Crippen molar-refractivity contribution in [1.29, 1.82) is 0 Å². The maximum Gasteiger partial charge on any atom is 0.335 e. The molecule has 0 spiro atoms. The van der Waals surface area contributed by atoms with E-state index in [1.807, 2.05) is 12.1 Å². The van der Waals surface area contributed by atoms with Crippen molar-refractivity contribution in [2.24, 2.45) is 17.8 Å². The van der Waals surface area contributed by atoms with E-state index < -0.39 is 17.8 Å². The van der Waals surface area contributed by atoms with Crippen molar-refractivity contribution in [1.82, 2.24) is 5.32 Å². The summed E-state index contributed by atoms with van der Waals surface area (Å²) in [7, 11) is 0. The molecule has 8 rings (SSSR count). The first-order valence-corrected chi connectivity index (χ1v) is 15.7. The summed E-state index contributed by atoms with van der Waals surface area (Å²) in [5.41, 5.74) is 2.94. The molecule has 3 aromatic rings. The zero-order chi connectivity index (χ0) is 29.9. The number of hydrogen-bond donors (Lipinski definition) is 1. The van der Waals surface area contributed by atoms with Crippen LogP contribution < -0.4 is 15.0 Å². The highest BCUT2D eigenvalue weighted by Crippen LogP contribution is 2.60. The molecule has 1 aliphatic heterocycles. The van der Waals surface area contributed by atoms with E-state index in [9.17, 15) is 18.8 Å². The number of carbonyl (C=O) groups is 3. The summed E-state index contributed by atoms with van der Waals surface area (Å²) < 4.78 is 19.5. The van der Waals surface area contributed by atoms with Gasteiger partial charge in [0.25, 0.3) is 11.8 Å². The molecule has 4 aliphatic carbocycles. The molecular weight excluding hydrogens is 635 g/mol. The van der Waals surface area contributed by atoms with Gasteiger partial charge in [0.15, 0.2) is 5.75 Å². The molecule has 0 aromatic heterocycles. The van der Waals surface area contributed by atoms with E-state index in [1.165, 1.54) is 62.3 Å². The van der Waals surface area contributed by atoms with Gasteiger partial charge in [0.1, 0.15) is 18.0 Å². The highest BCUT2D eigenvalue weighted by atomic mass is 79.9. The van der Waals surface area contributed by atoms with E-state index in [0.717, 1.165) is 28.2 Å². The summed E-state index contributed by atoms with van der Waals surface area (Å²) in [4.78, 5) is 40.2. The molecule has 4 saturated carbocycles. The van der Waals surface area contributed by atoms with Crippen molar-refractivity contribution >= 4 is 57.1 Å². The van der Waals surface area contributed by atoms with E-state index in [4.69, 9.17) is 16.3 Å². The normalized spacial score (nSPS) is 27.1. The molecular formula is C34H29BrClFN2O4. The largest absolute Gasteiger partial charge is 0.486 e. The van der Waals surface area contributed by atoms with E-state index in [-0.39, 0.29) is 28.4 Å². The Labute approximate surface area is 262 Å². The number of urea groups is 1. The smallest absolute Gasteiger partial charge is 0.335 e. The van der Waals surface area contributed by atoms with Crippen LogP contribution in [0.15, 0.2) is 70.7 Å². The molecule has 0 unspecified atom stereocenters. The number of benzene rings is 3. The van der Waals surface area contributed by atoms with Crippen LogP contribution in [-0.2, 0) is 21.6 Å². The molecule has 43 heavy (non-hydrogen) atoms. The number of nitrogens with zero attached hydrogens (tertiary/aromatic N) is 1. The summed E-state index contributed by atoms with van der Waals surface area (Å²) in [5, 5.41) is 2.55. The Morgan fingerprint density at radius 2 is 1.58 bits per heavy atom. The molecule has 1 N–H and O–H groups in total. The van der Waals surface area contributed by atoms with E-state index in [1.54, 1.807) is 24.3 Å². The Bertz CT molecular complexity index is 1610. The number of anilines is 1. The van der Waals surface area contributed by atoms with Gasteiger partial charge in [-0.05, 0) is 137 Å². The van der Waals surface area contributed by atoms with Crippen LogP contribution in [-0.4, -0.2) is 17.8 Å². The minimum absolute atomic E-state index is 0.165. The van der Waals surface area contributed by atoms with Crippen LogP contribution in [0.2, 0.25) is 5.02 Å². The fourth-order valence-corrected chi connectivity index (χ4v) is 9.01. The van der Waals surface area contributed by atoms with Crippen LogP contribution in [0.25, 0.3) is 6.08 Å². The molecule has 0 radical (unpaired) electrons. The maximum atomic E-state index is 13.6.